The first kappa shape index (κ1) is 24.4. The Morgan fingerprint density at radius 3 is 2.36 bits per heavy atom. The fourth-order valence-corrected chi connectivity index (χ4v) is 5.79. The second-order valence-corrected chi connectivity index (χ2v) is 11.0. The van der Waals surface area contributed by atoms with Crippen LogP contribution in [0.3, 0.4) is 0 Å². The number of hydrogen-bond donors (Lipinski definition) is 0. The minimum atomic E-state index is -0.447. The maximum atomic E-state index is 12.4. The second-order valence-electron chi connectivity index (χ2n) is 7.81. The van der Waals surface area contributed by atoms with Crippen LogP contribution in [-0.4, -0.2) is 11.9 Å². The summed E-state index contributed by atoms with van der Waals surface area (Å²) in [5, 5.41) is 0. The van der Waals surface area contributed by atoms with Crippen LogP contribution in [0.5, 0.6) is 5.75 Å². The molecule has 0 fully saturated rings. The first-order chi connectivity index (χ1) is 15.8. The minimum absolute atomic E-state index is 0.284. The summed E-state index contributed by atoms with van der Waals surface area (Å²) in [6, 6.07) is 19.9. The first-order valence-corrected chi connectivity index (χ1v) is 13.2. The van der Waals surface area contributed by atoms with Gasteiger partial charge < -0.3 is 9.47 Å². The maximum absolute atomic E-state index is 12.4. The quantitative estimate of drug-likeness (QED) is 0.149. The average Bonchev–Trinajstić information content (AvgIpc) is 3.14. The average molecular weight is 728 g/mol. The summed E-state index contributed by atoms with van der Waals surface area (Å²) in [6.45, 7) is 4.74. The van der Waals surface area contributed by atoms with Gasteiger partial charge in [0.05, 0.1) is 7.14 Å². The number of cyclic esters (lactones) is 1. The zero-order chi connectivity index (χ0) is 23.5. The summed E-state index contributed by atoms with van der Waals surface area (Å²) in [6.07, 6.45) is 1.75. The molecule has 1 aliphatic heterocycles. The van der Waals surface area contributed by atoms with Crippen LogP contribution in [0, 0.1) is 7.14 Å². The zero-order valence-electron chi connectivity index (χ0n) is 17.9. The topological polar surface area (TPSA) is 47.9 Å². The summed E-state index contributed by atoms with van der Waals surface area (Å²) in [7, 11) is 0. The predicted molar refractivity (Wildman–Crippen MR) is 151 cm³/mol. The lowest BCUT2D eigenvalue weighted by Crippen LogP contribution is -2.05. The third-order valence-corrected chi connectivity index (χ3v) is 7.47. The number of esters is 1. The number of nitrogens with zero attached hydrogens (tertiary/aromatic N) is 1. The summed E-state index contributed by atoms with van der Waals surface area (Å²) in [5.74, 6) is 1.14. The molecule has 0 bridgehead atoms. The third kappa shape index (κ3) is 5.86. The van der Waals surface area contributed by atoms with E-state index in [2.05, 4.69) is 80.0 Å². The highest BCUT2D eigenvalue weighted by atomic mass is 127. The van der Waals surface area contributed by atoms with Gasteiger partial charge in [0.1, 0.15) is 12.4 Å². The summed E-state index contributed by atoms with van der Waals surface area (Å²) >= 11 is 8.06. The van der Waals surface area contributed by atoms with Gasteiger partial charge in [0.25, 0.3) is 0 Å². The van der Waals surface area contributed by atoms with Gasteiger partial charge in [-0.3, -0.25) is 0 Å². The lowest BCUT2D eigenvalue weighted by Gasteiger charge is -2.12. The number of benzene rings is 3. The van der Waals surface area contributed by atoms with E-state index in [-0.39, 0.29) is 5.70 Å². The van der Waals surface area contributed by atoms with Crippen molar-refractivity contribution < 1.29 is 14.3 Å². The highest BCUT2D eigenvalue weighted by molar-refractivity contribution is 14.1. The third-order valence-electron chi connectivity index (χ3n) is 5.10. The molecule has 0 aromatic heterocycles. The lowest BCUT2D eigenvalue weighted by atomic mass is 10.0. The van der Waals surface area contributed by atoms with E-state index in [9.17, 15) is 4.79 Å². The van der Waals surface area contributed by atoms with Crippen molar-refractivity contribution in [1.82, 2.24) is 0 Å². The van der Waals surface area contributed by atoms with Crippen molar-refractivity contribution >= 4 is 79.1 Å². The molecule has 0 spiro atoms. The van der Waals surface area contributed by atoms with E-state index in [1.165, 1.54) is 5.56 Å². The van der Waals surface area contributed by atoms with Crippen molar-refractivity contribution in [2.75, 3.05) is 0 Å². The van der Waals surface area contributed by atoms with E-state index in [0.29, 0.717) is 18.4 Å². The van der Waals surface area contributed by atoms with Crippen LogP contribution < -0.4 is 4.74 Å². The van der Waals surface area contributed by atoms with E-state index < -0.39 is 5.97 Å². The summed E-state index contributed by atoms with van der Waals surface area (Å²) < 4.78 is 14.5. The number of rotatable bonds is 6. The van der Waals surface area contributed by atoms with Crippen molar-refractivity contribution in [3.63, 3.8) is 0 Å². The van der Waals surface area contributed by atoms with Gasteiger partial charge in [-0.15, -0.1) is 0 Å². The van der Waals surface area contributed by atoms with Gasteiger partial charge in [-0.25, -0.2) is 9.79 Å². The van der Waals surface area contributed by atoms with Crippen molar-refractivity contribution in [1.29, 1.82) is 0 Å². The first-order valence-electron chi connectivity index (χ1n) is 10.3. The molecule has 7 heteroatoms. The number of carbonyl (C=O) groups excluding carboxylic acids is 1. The predicted octanol–water partition coefficient (Wildman–Crippen LogP) is 7.71. The van der Waals surface area contributed by atoms with Crippen LogP contribution in [0.25, 0.3) is 6.08 Å². The van der Waals surface area contributed by atoms with Crippen molar-refractivity contribution in [2.24, 2.45) is 4.99 Å². The Bertz CT molecular complexity index is 1240. The molecule has 168 valence electrons. The lowest BCUT2D eigenvalue weighted by molar-refractivity contribution is -0.129. The fraction of sp³-hybridized carbons (Fsp3) is 0.154. The van der Waals surface area contributed by atoms with Gasteiger partial charge in [0, 0.05) is 15.6 Å². The number of ether oxygens (including phenoxy) is 2. The number of halogens is 3. The number of hydrogen-bond acceptors (Lipinski definition) is 4. The Morgan fingerprint density at radius 1 is 1.06 bits per heavy atom. The van der Waals surface area contributed by atoms with Gasteiger partial charge in [0.2, 0.25) is 5.90 Å². The van der Waals surface area contributed by atoms with Gasteiger partial charge in [-0.2, -0.15) is 0 Å². The fourth-order valence-electron chi connectivity index (χ4n) is 3.27. The standard InChI is InChI=1S/C26H20BrI2NO3/c1-15(2)17-7-9-18(10-8-17)25-30-23(26(31)33-25)13-16-11-21(28)24(22(29)12-16)32-14-19-5-3-4-6-20(19)27/h3-13,15H,14H2,1-2H3/b23-13-. The molecule has 0 amide bonds. The number of carbonyl (C=O) groups is 1. The molecule has 0 saturated carbocycles. The molecule has 1 heterocycles. The van der Waals surface area contributed by atoms with E-state index in [0.717, 1.165) is 34.1 Å². The molecule has 0 unspecified atom stereocenters. The zero-order valence-corrected chi connectivity index (χ0v) is 23.8. The Kier molecular flexibility index (Phi) is 7.91. The Labute approximate surface area is 228 Å². The van der Waals surface area contributed by atoms with Crippen LogP contribution in [0.1, 0.15) is 42.0 Å². The molecule has 0 saturated heterocycles. The van der Waals surface area contributed by atoms with Crippen molar-refractivity contribution in [2.45, 2.75) is 26.4 Å². The maximum Gasteiger partial charge on any atom is 0.363 e. The normalized spacial score (nSPS) is 14.5. The van der Waals surface area contributed by atoms with Crippen LogP contribution in [0.4, 0.5) is 0 Å². The molecule has 3 aromatic carbocycles. The molecule has 1 aliphatic rings. The van der Waals surface area contributed by atoms with Crippen LogP contribution in [-0.2, 0) is 16.1 Å². The molecular weight excluding hydrogens is 708 g/mol. The molecular formula is C26H20BrI2NO3. The molecule has 0 atom stereocenters. The van der Waals surface area contributed by atoms with E-state index >= 15 is 0 Å². The summed E-state index contributed by atoms with van der Waals surface area (Å²) in [4.78, 5) is 16.9. The SMILES string of the molecule is CC(C)c1ccc(C2=N/C(=C\c3cc(I)c(OCc4ccccc4Br)c(I)c3)C(=O)O2)cc1. The van der Waals surface area contributed by atoms with Gasteiger partial charge in [-0.1, -0.05) is 60.1 Å². The van der Waals surface area contributed by atoms with Crippen molar-refractivity contribution in [3.8, 4) is 5.75 Å². The van der Waals surface area contributed by atoms with Gasteiger partial charge >= 0.3 is 5.97 Å². The minimum Gasteiger partial charge on any atom is -0.487 e. The second kappa shape index (κ2) is 10.7. The highest BCUT2D eigenvalue weighted by Gasteiger charge is 2.24. The molecule has 4 rings (SSSR count). The largest absolute Gasteiger partial charge is 0.487 e. The molecule has 3 aromatic rings. The Morgan fingerprint density at radius 2 is 1.73 bits per heavy atom. The number of aliphatic imine (C=N–C) groups is 1. The van der Waals surface area contributed by atoms with E-state index in [1.807, 2.05) is 60.7 Å². The van der Waals surface area contributed by atoms with Crippen molar-refractivity contribution in [3.05, 3.63) is 100 Å². The summed E-state index contributed by atoms with van der Waals surface area (Å²) in [5.41, 5.74) is 4.24. The Hall–Kier alpha value is -1.72. The molecule has 33 heavy (non-hydrogen) atoms. The monoisotopic (exact) mass is 727 g/mol. The van der Waals surface area contributed by atoms with Crippen LogP contribution in [0.15, 0.2) is 75.8 Å². The van der Waals surface area contributed by atoms with Gasteiger partial charge in [0.15, 0.2) is 5.70 Å². The molecule has 4 nitrogen and oxygen atoms in total. The highest BCUT2D eigenvalue weighted by Crippen LogP contribution is 2.32. The smallest absolute Gasteiger partial charge is 0.363 e. The van der Waals surface area contributed by atoms with Crippen LogP contribution >= 0.6 is 61.1 Å². The van der Waals surface area contributed by atoms with Crippen LogP contribution in [0.2, 0.25) is 0 Å². The Balaban J connectivity index is 1.54. The molecule has 0 radical (unpaired) electrons. The van der Waals surface area contributed by atoms with E-state index in [1.54, 1.807) is 6.08 Å². The molecule has 0 N–H and O–H groups in total. The van der Waals surface area contributed by atoms with Gasteiger partial charge in [-0.05, 0) is 98.6 Å². The van der Waals surface area contributed by atoms with E-state index in [4.69, 9.17) is 9.47 Å². The molecule has 0 aliphatic carbocycles.